The van der Waals surface area contributed by atoms with Crippen molar-refractivity contribution in [2.24, 2.45) is 0 Å². The molecule has 374 valence electrons. The number of nitrogens with zero attached hydrogens (tertiary/aromatic N) is 4. The van der Waals surface area contributed by atoms with Gasteiger partial charge in [0.15, 0.2) is 0 Å². The van der Waals surface area contributed by atoms with Gasteiger partial charge >= 0.3 is 31.4 Å². The van der Waals surface area contributed by atoms with Crippen LogP contribution in [0.4, 0.5) is 0 Å². The van der Waals surface area contributed by atoms with Gasteiger partial charge in [0.2, 0.25) is 0 Å². The van der Waals surface area contributed by atoms with Gasteiger partial charge in [-0.1, -0.05) is 210 Å². The molecule has 0 amide bonds. The second-order valence-corrected chi connectivity index (χ2v) is 23.5. The Bertz CT molecular complexity index is 3640. The van der Waals surface area contributed by atoms with Gasteiger partial charge in [0, 0.05) is 0 Å². The Morgan fingerprint density at radius 1 is 0.427 bits per heavy atom. The number of carboxylic acids is 2. The molecule has 0 spiro atoms. The van der Waals surface area contributed by atoms with E-state index in [1.807, 2.05) is 24.3 Å². The molecular formula is C66H64N4O4Zn. The molecule has 0 saturated carbocycles. The van der Waals surface area contributed by atoms with Crippen molar-refractivity contribution in [3.05, 3.63) is 184 Å². The van der Waals surface area contributed by atoms with Gasteiger partial charge in [-0.15, -0.1) is 22.1 Å². The predicted molar refractivity (Wildman–Crippen MR) is 306 cm³/mol. The van der Waals surface area contributed by atoms with E-state index >= 15 is 0 Å². The third kappa shape index (κ3) is 11.2. The first kappa shape index (κ1) is 53.8. The quantitative estimate of drug-likeness (QED) is 0.0506. The first-order chi connectivity index (χ1) is 34.8. The maximum atomic E-state index is 12.1. The van der Waals surface area contributed by atoms with Gasteiger partial charge in [-0.3, -0.25) is 0 Å². The van der Waals surface area contributed by atoms with Crippen LogP contribution in [-0.2, 0) is 50.7 Å². The fourth-order valence-corrected chi connectivity index (χ4v) is 9.53. The van der Waals surface area contributed by atoms with Crippen LogP contribution >= 0.6 is 0 Å². The number of aliphatic carboxylic acids is 2. The molecule has 7 aromatic rings. The van der Waals surface area contributed by atoms with Crippen molar-refractivity contribution in [1.29, 1.82) is 0 Å². The maximum absolute atomic E-state index is 12.1. The number of carboxylic acid groups (broad SMARTS) is 2. The van der Waals surface area contributed by atoms with Crippen LogP contribution in [-0.4, -0.2) is 32.1 Å². The molecule has 8 bridgehead atoms. The Labute approximate surface area is 453 Å². The van der Waals surface area contributed by atoms with Gasteiger partial charge < -0.3 is 20.2 Å². The molecule has 0 saturated heterocycles. The van der Waals surface area contributed by atoms with Crippen LogP contribution in [0.1, 0.15) is 134 Å². The molecule has 2 aliphatic heterocycles. The molecule has 9 heteroatoms. The number of allylic oxidation sites excluding steroid dienone is 2. The number of aromatic nitrogens is 4. The van der Waals surface area contributed by atoms with Crippen molar-refractivity contribution >= 4 is 64.4 Å². The van der Waals surface area contributed by atoms with Crippen LogP contribution < -0.4 is 9.97 Å². The minimum absolute atomic E-state index is 0. The van der Waals surface area contributed by atoms with Crippen LogP contribution in [0.25, 0.3) is 97.0 Å². The van der Waals surface area contributed by atoms with Gasteiger partial charge in [0.05, 0.1) is 22.8 Å². The summed E-state index contributed by atoms with van der Waals surface area (Å²) >= 11 is 0. The molecule has 0 fully saturated rings. The van der Waals surface area contributed by atoms with E-state index in [1.165, 1.54) is 22.8 Å². The van der Waals surface area contributed by atoms with Crippen molar-refractivity contribution in [2.45, 2.75) is 105 Å². The molecule has 8 nitrogen and oxygen atoms in total. The molecule has 2 aliphatic rings. The van der Waals surface area contributed by atoms with Crippen molar-refractivity contribution in [1.82, 2.24) is 19.9 Å². The summed E-state index contributed by atoms with van der Waals surface area (Å²) in [4.78, 5) is 46.3. The Morgan fingerprint density at radius 3 is 1.05 bits per heavy atom. The van der Waals surface area contributed by atoms with Crippen molar-refractivity contribution in [3.8, 4) is 44.5 Å². The van der Waals surface area contributed by atoms with Crippen molar-refractivity contribution in [3.63, 3.8) is 0 Å². The molecule has 9 rings (SSSR count). The zero-order valence-electron chi connectivity index (χ0n) is 45.2. The predicted octanol–water partition coefficient (Wildman–Crippen LogP) is 15.9. The molecule has 0 aliphatic carbocycles. The Balaban J connectivity index is 0.00000747. The molecule has 75 heavy (non-hydrogen) atoms. The maximum Gasteiger partial charge on any atom is 2.00 e. The number of hydrogen-bond donors (Lipinski definition) is 2. The van der Waals surface area contributed by atoms with E-state index in [0.717, 1.165) is 78.6 Å². The molecular weight excluding hydrogens is 978 g/mol. The summed E-state index contributed by atoms with van der Waals surface area (Å²) < 4.78 is 0. The van der Waals surface area contributed by atoms with E-state index in [9.17, 15) is 19.8 Å². The third-order valence-electron chi connectivity index (χ3n) is 13.9. The average Bonchev–Trinajstić information content (AvgIpc) is 4.18. The van der Waals surface area contributed by atoms with Crippen LogP contribution in [0.15, 0.2) is 133 Å². The van der Waals surface area contributed by atoms with E-state index in [2.05, 4.69) is 198 Å². The second-order valence-electron chi connectivity index (χ2n) is 23.5. The van der Waals surface area contributed by atoms with E-state index in [1.54, 1.807) is 6.08 Å². The van der Waals surface area contributed by atoms with E-state index < -0.39 is 17.5 Å². The summed E-state index contributed by atoms with van der Waals surface area (Å²) in [5.74, 6) is -3.08. The fraction of sp³-hybridized carbons (Fsp3) is 0.242. The summed E-state index contributed by atoms with van der Waals surface area (Å²) in [6.45, 7) is 26.4. The Morgan fingerprint density at radius 2 is 0.733 bits per heavy atom. The van der Waals surface area contributed by atoms with Crippen LogP contribution in [0, 0.1) is 0 Å². The van der Waals surface area contributed by atoms with E-state index in [4.69, 9.17) is 19.9 Å². The summed E-state index contributed by atoms with van der Waals surface area (Å²) in [7, 11) is 0. The molecule has 5 heterocycles. The SMILES string of the molecule is CC(C)(C)c1ccc(-c2c3nc(c(-c4ccc(C(C)(C)C)cc4)c4cc(/C=C/C=C(C(=O)O)C(=O)O)c([n-]4)c(-c4ccc(C(C)(C)C)cc4)c4nc(c(-c5ccc(C(C)(C)C)cc5)c5ccc2[n-]5)C=C4)C=C3)cc1.[Zn+2]. The second kappa shape index (κ2) is 20.3. The number of hydrogen-bond acceptors (Lipinski definition) is 4. The van der Waals surface area contributed by atoms with Gasteiger partial charge in [-0.05, 0) is 124 Å². The zero-order valence-corrected chi connectivity index (χ0v) is 48.2. The van der Waals surface area contributed by atoms with Crippen molar-refractivity contribution < 1.29 is 39.3 Å². The van der Waals surface area contributed by atoms with Crippen molar-refractivity contribution in [2.75, 3.05) is 0 Å². The van der Waals surface area contributed by atoms with Crippen LogP contribution in [0.2, 0.25) is 0 Å². The smallest absolute Gasteiger partial charge is 0.657 e. The topological polar surface area (TPSA) is 129 Å². The zero-order chi connectivity index (χ0) is 53.1. The summed E-state index contributed by atoms with van der Waals surface area (Å²) in [5.41, 5.74) is 16.8. The Hall–Kier alpha value is -7.48. The molecule has 0 radical (unpaired) electrons. The fourth-order valence-electron chi connectivity index (χ4n) is 9.53. The minimum Gasteiger partial charge on any atom is -0.657 e. The average molecular weight is 1040 g/mol. The van der Waals surface area contributed by atoms with E-state index in [-0.39, 0.29) is 41.1 Å². The van der Waals surface area contributed by atoms with Gasteiger partial charge in [-0.2, -0.15) is 0 Å². The number of carbonyl (C=O) groups is 2. The number of benzene rings is 4. The van der Waals surface area contributed by atoms with Crippen LogP contribution in [0.3, 0.4) is 0 Å². The first-order valence-electron chi connectivity index (χ1n) is 25.2. The standard InChI is InChI=1S/C66H66N4O4.Zn/c1-63(2,3)44-24-16-39(17-25-44)56-49-32-33-50(67-49)57(40-18-26-45(27-19-40)64(4,5)6)52-36-37-54(69-52)59(42-22-30-47(31-23-42)66(10,11)12)60-43(14-13-15-48(61(71)72)62(73)74)38-55(70-60)58(53-35-34-51(56)68-53)41-20-28-46(29-21-41)65(7,8)9;/h13-38H,1-12H3,(H4,67,68,69,70,71,72,73,74);/q;+2/p-2/b14-13+,56-49?,56-51?,57-50?,57-52?,58-53?,58-55?,59-54?,60-59?;. The normalized spacial score (nSPS) is 12.7. The van der Waals surface area contributed by atoms with Gasteiger partial charge in [-0.25, -0.2) is 19.6 Å². The minimum atomic E-state index is -1.54. The largest absolute Gasteiger partial charge is 2.00 e. The van der Waals surface area contributed by atoms with Gasteiger partial charge in [0.25, 0.3) is 0 Å². The summed E-state index contributed by atoms with van der Waals surface area (Å²) in [6.07, 6.45) is 12.5. The molecule has 0 unspecified atom stereocenters. The molecule has 4 aromatic carbocycles. The van der Waals surface area contributed by atoms with E-state index in [0.29, 0.717) is 28.0 Å². The summed E-state index contributed by atoms with van der Waals surface area (Å²) in [6, 6.07) is 40.5. The number of rotatable bonds is 8. The Kier molecular flexibility index (Phi) is 14.6. The number of fused-ring (bicyclic) bond motifs is 8. The van der Waals surface area contributed by atoms with Gasteiger partial charge in [0.1, 0.15) is 5.57 Å². The molecule has 0 atom stereocenters. The first-order valence-corrected chi connectivity index (χ1v) is 25.2. The third-order valence-corrected chi connectivity index (χ3v) is 13.9. The van der Waals surface area contributed by atoms with Crippen LogP contribution in [0.5, 0.6) is 0 Å². The monoisotopic (exact) mass is 1040 g/mol. The molecule has 3 aromatic heterocycles. The summed E-state index contributed by atoms with van der Waals surface area (Å²) in [5, 5.41) is 19.6. The molecule has 2 N–H and O–H groups in total.